The second-order valence-electron chi connectivity index (χ2n) is 3.89. The number of rotatable bonds is 2. The van der Waals surface area contributed by atoms with Gasteiger partial charge < -0.3 is 4.74 Å². The molecule has 0 spiro atoms. The van der Waals surface area contributed by atoms with Gasteiger partial charge in [-0.1, -0.05) is 6.07 Å². The molecule has 1 fully saturated rings. The van der Waals surface area contributed by atoms with Gasteiger partial charge in [0.15, 0.2) is 0 Å². The molecule has 17 heavy (non-hydrogen) atoms. The van der Waals surface area contributed by atoms with Crippen LogP contribution >= 0.6 is 0 Å². The molecule has 1 aliphatic heterocycles. The van der Waals surface area contributed by atoms with Crippen molar-refractivity contribution >= 4 is 6.09 Å². The van der Waals surface area contributed by atoms with Gasteiger partial charge in [0.25, 0.3) is 6.43 Å². The smallest absolute Gasteiger partial charge is 0.410 e. The molecule has 0 radical (unpaired) electrons. The van der Waals surface area contributed by atoms with Gasteiger partial charge in [-0.3, -0.25) is 9.88 Å². The van der Waals surface area contributed by atoms with Crippen LogP contribution in [0.25, 0.3) is 0 Å². The maximum Gasteiger partial charge on any atom is 0.410 e. The van der Waals surface area contributed by atoms with Gasteiger partial charge in [0.05, 0.1) is 6.61 Å². The van der Waals surface area contributed by atoms with Crippen molar-refractivity contribution in [2.75, 3.05) is 13.7 Å². The van der Waals surface area contributed by atoms with Crippen LogP contribution in [0.3, 0.4) is 0 Å². The summed E-state index contributed by atoms with van der Waals surface area (Å²) in [5, 5.41) is 0. The van der Waals surface area contributed by atoms with E-state index in [0.717, 1.165) is 4.90 Å². The molecule has 0 bridgehead atoms. The highest BCUT2D eigenvalue weighted by Crippen LogP contribution is 2.39. The van der Waals surface area contributed by atoms with Crippen LogP contribution in [0.15, 0.2) is 24.5 Å². The minimum absolute atomic E-state index is 0.0115. The number of amides is 1. The number of alkyl halides is 2. The molecule has 0 aromatic carbocycles. The maximum absolute atomic E-state index is 13.4. The molecular formula is C11H12F2N2O2. The predicted octanol–water partition coefficient (Wildman–Crippen LogP) is 2.01. The fraction of sp³-hybridized carbons (Fsp3) is 0.455. The minimum atomic E-state index is -2.69. The van der Waals surface area contributed by atoms with E-state index in [1.165, 1.54) is 19.4 Å². The van der Waals surface area contributed by atoms with Crippen LogP contribution in [0, 0.1) is 0 Å². The highest BCUT2D eigenvalue weighted by molar-refractivity contribution is 5.69. The van der Waals surface area contributed by atoms with Crippen molar-refractivity contribution in [1.29, 1.82) is 0 Å². The second-order valence-corrected chi connectivity index (χ2v) is 3.89. The molecule has 0 saturated carbocycles. The zero-order valence-corrected chi connectivity index (χ0v) is 9.27. The lowest BCUT2D eigenvalue weighted by atomic mass is 9.86. The lowest BCUT2D eigenvalue weighted by molar-refractivity contribution is -0.0818. The largest absolute Gasteiger partial charge is 0.449 e. The normalized spacial score (nSPS) is 24.9. The Kier molecular flexibility index (Phi) is 2.95. The Morgan fingerprint density at radius 1 is 1.59 bits per heavy atom. The molecule has 1 unspecified atom stereocenters. The Labute approximate surface area is 97.2 Å². The monoisotopic (exact) mass is 242 g/mol. The van der Waals surface area contributed by atoms with E-state index in [4.69, 9.17) is 4.74 Å². The summed E-state index contributed by atoms with van der Waals surface area (Å²) in [6, 6.07) is 3.13. The molecule has 1 aliphatic rings. The number of halogens is 2. The van der Waals surface area contributed by atoms with E-state index in [9.17, 15) is 13.6 Å². The van der Waals surface area contributed by atoms with E-state index in [0.29, 0.717) is 5.56 Å². The van der Waals surface area contributed by atoms with E-state index < -0.39 is 18.1 Å². The average Bonchev–Trinajstić information content (AvgIpc) is 2.33. The lowest BCUT2D eigenvalue weighted by Crippen LogP contribution is -2.56. The maximum atomic E-state index is 13.4. The molecule has 1 aromatic heterocycles. The van der Waals surface area contributed by atoms with Crippen LogP contribution in [0.4, 0.5) is 13.6 Å². The van der Waals surface area contributed by atoms with Crippen molar-refractivity contribution < 1.29 is 18.3 Å². The van der Waals surface area contributed by atoms with Crippen LogP contribution in [0.1, 0.15) is 12.0 Å². The highest BCUT2D eigenvalue weighted by Gasteiger charge is 2.50. The zero-order valence-electron chi connectivity index (χ0n) is 9.27. The topological polar surface area (TPSA) is 42.4 Å². The van der Waals surface area contributed by atoms with Gasteiger partial charge in [0, 0.05) is 31.4 Å². The third kappa shape index (κ3) is 1.73. The van der Waals surface area contributed by atoms with Gasteiger partial charge in [-0.15, -0.1) is 0 Å². The summed E-state index contributed by atoms with van der Waals surface area (Å²) in [5.41, 5.74) is -1.31. The number of ether oxygens (including phenoxy) is 1. The number of hydrogen-bond acceptors (Lipinski definition) is 3. The zero-order chi connectivity index (χ0) is 12.5. The van der Waals surface area contributed by atoms with Crippen LogP contribution in [0.2, 0.25) is 0 Å². The van der Waals surface area contributed by atoms with Gasteiger partial charge in [0.2, 0.25) is 0 Å². The molecule has 2 heterocycles. The van der Waals surface area contributed by atoms with E-state index in [-0.39, 0.29) is 13.0 Å². The van der Waals surface area contributed by atoms with E-state index >= 15 is 0 Å². The van der Waals surface area contributed by atoms with Crippen molar-refractivity contribution in [3.05, 3.63) is 30.1 Å². The average molecular weight is 242 g/mol. The van der Waals surface area contributed by atoms with Crippen LogP contribution in [-0.2, 0) is 10.3 Å². The Morgan fingerprint density at radius 3 is 2.94 bits per heavy atom. The van der Waals surface area contributed by atoms with E-state index in [1.54, 1.807) is 12.1 Å². The molecule has 2 rings (SSSR count). The van der Waals surface area contributed by atoms with Gasteiger partial charge in [0.1, 0.15) is 5.54 Å². The lowest BCUT2D eigenvalue weighted by Gasteiger charge is -2.43. The molecule has 0 N–H and O–H groups in total. The minimum Gasteiger partial charge on any atom is -0.449 e. The third-order valence-electron chi connectivity index (χ3n) is 3.10. The quantitative estimate of drug-likeness (QED) is 0.796. The first-order chi connectivity index (χ1) is 8.09. The van der Waals surface area contributed by atoms with Crippen LogP contribution in [0.5, 0.6) is 0 Å². The summed E-state index contributed by atoms with van der Waals surface area (Å²) in [4.78, 5) is 16.2. The Hall–Kier alpha value is -1.72. The number of carbonyl (C=O) groups is 1. The predicted molar refractivity (Wildman–Crippen MR) is 55.6 cm³/mol. The number of pyridine rings is 1. The van der Waals surface area contributed by atoms with Crippen LogP contribution in [-0.4, -0.2) is 36.1 Å². The SMILES string of the molecule is CN1C(=O)OCCC1(c1cccnc1)C(F)F. The molecule has 92 valence electrons. The number of carbonyl (C=O) groups excluding carboxylic acids is 1. The van der Waals surface area contributed by atoms with Gasteiger partial charge in [-0.05, 0) is 6.07 Å². The first kappa shape index (κ1) is 11.8. The summed E-state index contributed by atoms with van der Waals surface area (Å²) < 4.78 is 31.6. The number of hydrogen-bond donors (Lipinski definition) is 0. The van der Waals surface area contributed by atoms with E-state index in [2.05, 4.69) is 4.98 Å². The van der Waals surface area contributed by atoms with Crippen molar-refractivity contribution in [3.63, 3.8) is 0 Å². The molecule has 4 nitrogen and oxygen atoms in total. The fourth-order valence-electron chi connectivity index (χ4n) is 2.06. The van der Waals surface area contributed by atoms with Crippen molar-refractivity contribution in [2.45, 2.75) is 18.4 Å². The van der Waals surface area contributed by atoms with Crippen molar-refractivity contribution in [2.24, 2.45) is 0 Å². The summed E-state index contributed by atoms with van der Waals surface area (Å²) in [6.45, 7) is -0.0115. The molecule has 1 amide bonds. The van der Waals surface area contributed by atoms with Gasteiger partial charge in [-0.25, -0.2) is 13.6 Å². The summed E-state index contributed by atoms with van der Waals surface area (Å²) >= 11 is 0. The summed E-state index contributed by atoms with van der Waals surface area (Å²) in [5.74, 6) is 0. The van der Waals surface area contributed by atoms with Crippen molar-refractivity contribution in [3.8, 4) is 0 Å². The molecule has 1 atom stereocenters. The molecule has 1 saturated heterocycles. The molecule has 0 aliphatic carbocycles. The summed E-state index contributed by atoms with van der Waals surface area (Å²) in [7, 11) is 1.32. The molecule has 1 aromatic rings. The van der Waals surface area contributed by atoms with Gasteiger partial charge in [-0.2, -0.15) is 0 Å². The number of cyclic esters (lactones) is 1. The first-order valence-electron chi connectivity index (χ1n) is 5.18. The molecular weight excluding hydrogens is 230 g/mol. The van der Waals surface area contributed by atoms with Crippen LogP contribution < -0.4 is 0 Å². The standard InChI is InChI=1S/C11H12F2N2O2/c1-15-10(16)17-6-4-11(15,9(12)13)8-3-2-5-14-7-8/h2-3,5,7,9H,4,6H2,1H3. The Balaban J connectivity index is 2.49. The fourth-order valence-corrected chi connectivity index (χ4v) is 2.06. The Morgan fingerprint density at radius 2 is 2.35 bits per heavy atom. The summed E-state index contributed by atoms with van der Waals surface area (Å²) in [6.07, 6.45) is -0.506. The number of nitrogens with zero attached hydrogens (tertiary/aromatic N) is 2. The molecule has 6 heteroatoms. The Bertz CT molecular complexity index is 413. The first-order valence-corrected chi connectivity index (χ1v) is 5.18. The highest BCUT2D eigenvalue weighted by atomic mass is 19.3. The van der Waals surface area contributed by atoms with E-state index in [1.807, 2.05) is 0 Å². The van der Waals surface area contributed by atoms with Gasteiger partial charge >= 0.3 is 6.09 Å². The third-order valence-corrected chi connectivity index (χ3v) is 3.10. The van der Waals surface area contributed by atoms with Crippen molar-refractivity contribution in [1.82, 2.24) is 9.88 Å². The number of aromatic nitrogens is 1. The second kappa shape index (κ2) is 4.27.